The van der Waals surface area contributed by atoms with Gasteiger partial charge in [-0.1, -0.05) is 82.2 Å². The number of hydrogen-bond donors (Lipinski definition) is 0. The molecule has 0 aliphatic carbocycles. The molecule has 0 fully saturated rings. The first kappa shape index (κ1) is 14.5. The summed E-state index contributed by atoms with van der Waals surface area (Å²) in [6.07, 6.45) is 1.21. The molecule has 0 heterocycles. The highest BCUT2D eigenvalue weighted by molar-refractivity contribution is 6.91. The highest BCUT2D eigenvalue weighted by atomic mass is 28.3. The van der Waals surface area contributed by atoms with Crippen LogP contribution in [0.1, 0.15) is 40.2 Å². The molecule has 0 bridgehead atoms. The first-order valence-electron chi connectivity index (χ1n) is 7.17. The van der Waals surface area contributed by atoms with E-state index in [4.69, 9.17) is 0 Å². The van der Waals surface area contributed by atoms with Crippen LogP contribution in [0.2, 0.25) is 18.1 Å². The molecule has 0 radical (unpaired) electrons. The molecule has 0 atom stereocenters. The number of benzene rings is 1. The summed E-state index contributed by atoms with van der Waals surface area (Å²) in [7, 11) is -1.16. The standard InChI is InChI=1S/C16H28Si/c1-6-17(7-2,8-3)16-11-9-15(10-12-16)13-14(4)5/h9-12,14H,6-8,13H2,1-5H3. The van der Waals surface area contributed by atoms with Crippen molar-refractivity contribution in [1.29, 1.82) is 0 Å². The maximum atomic E-state index is 2.42. The summed E-state index contributed by atoms with van der Waals surface area (Å²) in [5, 5.41) is 1.66. The van der Waals surface area contributed by atoms with Gasteiger partial charge in [0.2, 0.25) is 0 Å². The van der Waals surface area contributed by atoms with Gasteiger partial charge in [0.1, 0.15) is 0 Å². The van der Waals surface area contributed by atoms with Crippen molar-refractivity contribution in [3.63, 3.8) is 0 Å². The van der Waals surface area contributed by atoms with Crippen LogP contribution in [-0.2, 0) is 6.42 Å². The van der Waals surface area contributed by atoms with Gasteiger partial charge in [0, 0.05) is 0 Å². The fourth-order valence-corrected chi connectivity index (χ4v) is 6.43. The lowest BCUT2D eigenvalue weighted by Gasteiger charge is -2.28. The third-order valence-corrected chi connectivity index (χ3v) is 9.86. The molecule has 96 valence electrons. The van der Waals surface area contributed by atoms with Crippen LogP contribution in [-0.4, -0.2) is 8.07 Å². The maximum Gasteiger partial charge on any atom is 0.0859 e. The lowest BCUT2D eigenvalue weighted by molar-refractivity contribution is 0.647. The van der Waals surface area contributed by atoms with Crippen molar-refractivity contribution >= 4 is 13.3 Å². The Kier molecular flexibility index (Phi) is 5.45. The van der Waals surface area contributed by atoms with Crippen LogP contribution in [0, 0.1) is 5.92 Å². The zero-order chi connectivity index (χ0) is 12.9. The first-order valence-corrected chi connectivity index (χ1v) is 9.79. The Morgan fingerprint density at radius 1 is 0.882 bits per heavy atom. The van der Waals surface area contributed by atoms with Gasteiger partial charge in [-0.15, -0.1) is 0 Å². The first-order chi connectivity index (χ1) is 8.07. The van der Waals surface area contributed by atoms with Gasteiger partial charge in [0.15, 0.2) is 0 Å². The molecular formula is C16H28Si. The molecule has 0 saturated carbocycles. The van der Waals surface area contributed by atoms with Crippen LogP contribution in [0.4, 0.5) is 0 Å². The second kappa shape index (κ2) is 6.39. The molecule has 0 saturated heterocycles. The Morgan fingerprint density at radius 3 is 1.71 bits per heavy atom. The molecule has 0 aromatic heterocycles. The summed E-state index contributed by atoms with van der Waals surface area (Å²) < 4.78 is 0. The van der Waals surface area contributed by atoms with Gasteiger partial charge in [-0.25, -0.2) is 0 Å². The molecule has 0 amide bonds. The minimum atomic E-state index is -1.16. The summed E-state index contributed by atoms with van der Waals surface area (Å²) in [6, 6.07) is 13.7. The van der Waals surface area contributed by atoms with E-state index in [0.717, 1.165) is 5.92 Å². The van der Waals surface area contributed by atoms with Crippen molar-refractivity contribution in [1.82, 2.24) is 0 Å². The Morgan fingerprint density at radius 2 is 1.35 bits per heavy atom. The molecule has 17 heavy (non-hydrogen) atoms. The van der Waals surface area contributed by atoms with Crippen molar-refractivity contribution < 1.29 is 0 Å². The SMILES string of the molecule is CC[Si](CC)(CC)c1ccc(CC(C)C)cc1. The van der Waals surface area contributed by atoms with E-state index < -0.39 is 8.07 Å². The van der Waals surface area contributed by atoms with E-state index >= 15 is 0 Å². The van der Waals surface area contributed by atoms with Crippen LogP contribution >= 0.6 is 0 Å². The Labute approximate surface area is 108 Å². The van der Waals surface area contributed by atoms with Crippen LogP contribution in [0.5, 0.6) is 0 Å². The summed E-state index contributed by atoms with van der Waals surface area (Å²) >= 11 is 0. The summed E-state index contributed by atoms with van der Waals surface area (Å²) in [4.78, 5) is 0. The lowest BCUT2D eigenvalue weighted by Crippen LogP contribution is -2.45. The zero-order valence-corrected chi connectivity index (χ0v) is 13.2. The minimum Gasteiger partial charge on any atom is -0.0675 e. The smallest absolute Gasteiger partial charge is 0.0675 e. The van der Waals surface area contributed by atoms with E-state index in [-0.39, 0.29) is 0 Å². The molecule has 1 aromatic carbocycles. The topological polar surface area (TPSA) is 0 Å². The number of hydrogen-bond acceptors (Lipinski definition) is 0. The Bertz CT molecular complexity index is 312. The average molecular weight is 248 g/mol. The highest BCUT2D eigenvalue weighted by Crippen LogP contribution is 2.20. The fraction of sp³-hybridized carbons (Fsp3) is 0.625. The summed E-state index contributed by atoms with van der Waals surface area (Å²) in [5.74, 6) is 0.756. The van der Waals surface area contributed by atoms with E-state index in [1.165, 1.54) is 30.1 Å². The van der Waals surface area contributed by atoms with Crippen molar-refractivity contribution in [3.05, 3.63) is 29.8 Å². The molecule has 1 heteroatoms. The molecule has 0 aliphatic rings. The van der Waals surface area contributed by atoms with E-state index in [1.54, 1.807) is 5.19 Å². The van der Waals surface area contributed by atoms with Gasteiger partial charge >= 0.3 is 0 Å². The average Bonchev–Trinajstić information content (AvgIpc) is 2.33. The van der Waals surface area contributed by atoms with Gasteiger partial charge in [0.05, 0.1) is 8.07 Å². The third-order valence-electron chi connectivity index (χ3n) is 4.24. The molecule has 1 aromatic rings. The van der Waals surface area contributed by atoms with E-state index in [9.17, 15) is 0 Å². The third kappa shape index (κ3) is 3.45. The van der Waals surface area contributed by atoms with Gasteiger partial charge in [-0.05, 0) is 17.9 Å². The monoisotopic (exact) mass is 248 g/mol. The maximum absolute atomic E-state index is 2.42. The second-order valence-corrected chi connectivity index (χ2v) is 10.9. The van der Waals surface area contributed by atoms with Gasteiger partial charge in [0.25, 0.3) is 0 Å². The second-order valence-electron chi connectivity index (χ2n) is 5.64. The molecular weight excluding hydrogens is 220 g/mol. The quantitative estimate of drug-likeness (QED) is 0.645. The summed E-state index contributed by atoms with van der Waals surface area (Å²) in [6.45, 7) is 11.7. The molecule has 0 N–H and O–H groups in total. The predicted molar refractivity (Wildman–Crippen MR) is 81.8 cm³/mol. The van der Waals surface area contributed by atoms with E-state index in [2.05, 4.69) is 58.9 Å². The zero-order valence-electron chi connectivity index (χ0n) is 12.2. The molecule has 0 nitrogen and oxygen atoms in total. The predicted octanol–water partition coefficient (Wildman–Crippen LogP) is 4.60. The number of rotatable bonds is 6. The van der Waals surface area contributed by atoms with Crippen molar-refractivity contribution in [2.75, 3.05) is 0 Å². The van der Waals surface area contributed by atoms with Crippen molar-refractivity contribution in [2.45, 2.75) is 59.2 Å². The summed E-state index contributed by atoms with van der Waals surface area (Å²) in [5.41, 5.74) is 1.50. The van der Waals surface area contributed by atoms with E-state index in [0.29, 0.717) is 0 Å². The van der Waals surface area contributed by atoms with E-state index in [1.807, 2.05) is 0 Å². The minimum absolute atomic E-state index is 0.756. The molecule has 0 unspecified atom stereocenters. The molecule has 0 spiro atoms. The highest BCUT2D eigenvalue weighted by Gasteiger charge is 2.28. The van der Waals surface area contributed by atoms with Crippen LogP contribution in [0.3, 0.4) is 0 Å². The molecule has 1 rings (SSSR count). The van der Waals surface area contributed by atoms with Gasteiger partial charge < -0.3 is 0 Å². The van der Waals surface area contributed by atoms with Crippen molar-refractivity contribution in [3.8, 4) is 0 Å². The van der Waals surface area contributed by atoms with Crippen LogP contribution in [0.25, 0.3) is 0 Å². The van der Waals surface area contributed by atoms with Gasteiger partial charge in [-0.2, -0.15) is 0 Å². The van der Waals surface area contributed by atoms with Gasteiger partial charge in [-0.3, -0.25) is 0 Å². The normalized spacial score (nSPS) is 12.1. The van der Waals surface area contributed by atoms with Crippen molar-refractivity contribution in [2.24, 2.45) is 5.92 Å². The lowest BCUT2D eigenvalue weighted by atomic mass is 10.0. The largest absolute Gasteiger partial charge is 0.0859 e. The fourth-order valence-electron chi connectivity index (χ4n) is 2.83. The van der Waals surface area contributed by atoms with Crippen LogP contribution < -0.4 is 5.19 Å². The Balaban J connectivity index is 2.92. The molecule has 0 aliphatic heterocycles. The Hall–Kier alpha value is -0.563. The van der Waals surface area contributed by atoms with Crippen LogP contribution in [0.15, 0.2) is 24.3 Å².